The van der Waals surface area contributed by atoms with E-state index in [1.807, 2.05) is 50.5 Å². The third-order valence-electron chi connectivity index (χ3n) is 12.0. The number of amides is 2. The van der Waals surface area contributed by atoms with Crippen molar-refractivity contribution < 1.29 is 38.9 Å². The Bertz CT molecular complexity index is 1630. The Hall–Kier alpha value is -2.82. The van der Waals surface area contributed by atoms with Crippen LogP contribution < -0.4 is 15.4 Å². The third-order valence-corrected chi connectivity index (χ3v) is 12.5. The molecule has 1 heterocycles. The SMILES string of the molecule is COc1c(CN2O[C@@H](COCC(=O)O)[C@H]([C@H](C)O)[C@H]2C(=O)N[C@H]2C[C@H]3C[C@@H]([C@@H]2C)C3(C)C)cccc1-c1cccc(C(=O)N[C@H](CC(C)I)CN(C)C)c1. The minimum Gasteiger partial charge on any atom is -0.496 e. The predicted octanol–water partition coefficient (Wildman–Crippen LogP) is 5.01. The van der Waals surface area contributed by atoms with Gasteiger partial charge in [0.25, 0.3) is 5.91 Å². The Balaban J connectivity index is 1.41. The minimum atomic E-state index is -1.12. The van der Waals surface area contributed by atoms with Crippen LogP contribution in [0.1, 0.15) is 69.8 Å². The van der Waals surface area contributed by atoms with E-state index in [0.29, 0.717) is 33.0 Å². The van der Waals surface area contributed by atoms with Crippen molar-refractivity contribution in [2.24, 2.45) is 29.1 Å². The number of benzene rings is 2. The number of aliphatic hydroxyl groups excluding tert-OH is 1. The number of alkyl halides is 1. The van der Waals surface area contributed by atoms with Crippen LogP contribution in [-0.4, -0.2) is 113 Å². The number of nitrogens with zero attached hydrogens (tertiary/aromatic N) is 2. The maximum absolute atomic E-state index is 14.4. The molecule has 3 saturated carbocycles. The van der Waals surface area contributed by atoms with Crippen LogP contribution in [0.3, 0.4) is 0 Å². The van der Waals surface area contributed by atoms with Gasteiger partial charge >= 0.3 is 5.97 Å². The number of carboxylic acid groups (broad SMARTS) is 1. The first-order valence-corrected chi connectivity index (χ1v) is 20.3. The second kappa shape index (κ2) is 18.0. The van der Waals surface area contributed by atoms with E-state index in [1.54, 1.807) is 25.2 Å². The van der Waals surface area contributed by atoms with Crippen LogP contribution in [0.2, 0.25) is 0 Å². The number of carbonyl (C=O) groups excluding carboxylic acids is 2. The number of rotatable bonds is 17. The number of aliphatic carboxylic acids is 1. The summed E-state index contributed by atoms with van der Waals surface area (Å²) in [5.41, 5.74) is 3.08. The van der Waals surface area contributed by atoms with E-state index < -0.39 is 36.7 Å². The van der Waals surface area contributed by atoms with Crippen molar-refractivity contribution in [1.82, 2.24) is 20.6 Å². The highest BCUT2D eigenvalue weighted by molar-refractivity contribution is 14.1. The predicted molar refractivity (Wildman–Crippen MR) is 215 cm³/mol. The first-order chi connectivity index (χ1) is 25.5. The molecular formula is C41H59IN4O8. The summed E-state index contributed by atoms with van der Waals surface area (Å²) in [6.45, 7) is 10.8. The number of carbonyl (C=O) groups is 3. The zero-order valence-corrected chi connectivity index (χ0v) is 35.0. The van der Waals surface area contributed by atoms with E-state index in [4.69, 9.17) is 14.3 Å². The molecule has 13 heteroatoms. The van der Waals surface area contributed by atoms with Crippen LogP contribution in [0.4, 0.5) is 0 Å². The van der Waals surface area contributed by atoms with Gasteiger partial charge in [-0.05, 0) is 81.1 Å². The molecular weight excluding hydrogens is 803 g/mol. The van der Waals surface area contributed by atoms with Gasteiger partial charge in [0, 0.05) is 45.2 Å². The Labute approximate surface area is 333 Å². The van der Waals surface area contributed by atoms with Crippen molar-refractivity contribution >= 4 is 40.4 Å². The Morgan fingerprint density at radius 2 is 1.85 bits per heavy atom. The zero-order chi connectivity index (χ0) is 39.5. The van der Waals surface area contributed by atoms with E-state index in [0.717, 1.165) is 36.1 Å². The van der Waals surface area contributed by atoms with Crippen molar-refractivity contribution in [2.75, 3.05) is 41.0 Å². The quantitative estimate of drug-likeness (QED) is 0.127. The van der Waals surface area contributed by atoms with Gasteiger partial charge in [0.1, 0.15) is 24.5 Å². The van der Waals surface area contributed by atoms with Crippen LogP contribution in [0, 0.1) is 29.1 Å². The van der Waals surface area contributed by atoms with Crippen LogP contribution in [0.5, 0.6) is 5.75 Å². The fourth-order valence-corrected chi connectivity index (χ4v) is 9.80. The van der Waals surface area contributed by atoms with Gasteiger partial charge in [0.05, 0.1) is 26.4 Å². The van der Waals surface area contributed by atoms with E-state index in [9.17, 15) is 24.6 Å². The zero-order valence-electron chi connectivity index (χ0n) is 32.9. The minimum absolute atomic E-state index is 0.00133. The standard InChI is InChI=1S/C41H59IN4O8/c1-23(42)15-30(20-45(6)7)43-39(50)27-12-9-11-26(16-27)31-14-10-13-28(38(31)52-8)19-46-37(36(25(3)47)34(54-46)21-53-22-35(48)49)40(51)44-33-18-29-17-32(24(33)2)41(29,4)5/h9-14,16,23-25,29-30,32-34,36-37,47H,15,17-22H2,1-8H3,(H,43,50)(H,44,51)(H,48,49)/t23?,24-,25-,29+,30+,32-,33-,34-,36-,37-/m0/s1. The number of hydroxylamine groups is 2. The van der Waals surface area contributed by atoms with E-state index in [-0.39, 0.29) is 42.5 Å². The molecule has 4 aliphatic rings. The number of methoxy groups -OCH3 is 1. The summed E-state index contributed by atoms with van der Waals surface area (Å²) in [5.74, 6) is -0.276. The number of aliphatic hydroxyl groups is 1. The molecule has 4 N–H and O–H groups in total. The van der Waals surface area contributed by atoms with Gasteiger partial charge in [-0.3, -0.25) is 14.4 Å². The molecule has 10 atom stereocenters. The third kappa shape index (κ3) is 9.58. The molecule has 54 heavy (non-hydrogen) atoms. The molecule has 0 aromatic heterocycles. The van der Waals surface area contributed by atoms with Crippen LogP contribution in [0.25, 0.3) is 11.1 Å². The summed E-state index contributed by atoms with van der Waals surface area (Å²) in [6, 6.07) is 12.3. The van der Waals surface area contributed by atoms with Gasteiger partial charge in [-0.2, -0.15) is 5.06 Å². The average molecular weight is 863 g/mol. The highest BCUT2D eigenvalue weighted by atomic mass is 127. The highest BCUT2D eigenvalue weighted by Gasteiger charge is 2.57. The number of ether oxygens (including phenoxy) is 2. The van der Waals surface area contributed by atoms with E-state index in [1.165, 1.54) is 6.42 Å². The summed E-state index contributed by atoms with van der Waals surface area (Å²) in [7, 11) is 5.58. The van der Waals surface area contributed by atoms with Gasteiger partial charge in [0.2, 0.25) is 5.91 Å². The number of carboxylic acids is 1. The molecule has 12 nitrogen and oxygen atoms in total. The van der Waals surface area contributed by atoms with E-state index >= 15 is 0 Å². The fourth-order valence-electron chi connectivity index (χ4n) is 9.19. The molecule has 1 saturated heterocycles. The van der Waals surface area contributed by atoms with Crippen LogP contribution >= 0.6 is 22.6 Å². The number of hydrogen-bond acceptors (Lipinski definition) is 9. The maximum atomic E-state index is 14.4. The number of para-hydroxylation sites is 1. The monoisotopic (exact) mass is 862 g/mol. The average Bonchev–Trinajstić information content (AvgIpc) is 3.46. The molecule has 1 unspecified atom stereocenters. The normalized spacial score (nSPS) is 27.8. The first-order valence-electron chi connectivity index (χ1n) is 19.1. The lowest BCUT2D eigenvalue weighted by Gasteiger charge is -2.62. The van der Waals surface area contributed by atoms with Crippen LogP contribution in [0.15, 0.2) is 42.5 Å². The molecule has 4 fully saturated rings. The smallest absolute Gasteiger partial charge is 0.329 e. The van der Waals surface area contributed by atoms with Crippen molar-refractivity contribution in [3.63, 3.8) is 0 Å². The molecule has 2 bridgehead atoms. The van der Waals surface area contributed by atoms with Gasteiger partial charge < -0.3 is 35.2 Å². The molecule has 2 aromatic rings. The molecule has 2 amide bonds. The lowest BCUT2D eigenvalue weighted by Crippen LogP contribution is -2.62. The Kier molecular flexibility index (Phi) is 14.1. The number of likely N-dealkylation sites (N-methyl/N-ethyl adjacent to an activating group) is 1. The number of nitrogens with one attached hydrogen (secondary N) is 2. The molecule has 6 rings (SSSR count). The largest absolute Gasteiger partial charge is 0.496 e. The lowest BCUT2D eigenvalue weighted by molar-refractivity contribution is -0.187. The maximum Gasteiger partial charge on any atom is 0.329 e. The van der Waals surface area contributed by atoms with Gasteiger partial charge in [-0.25, -0.2) is 4.79 Å². The molecule has 2 aromatic carbocycles. The van der Waals surface area contributed by atoms with E-state index in [2.05, 4.69) is 65.8 Å². The Morgan fingerprint density at radius 1 is 1.13 bits per heavy atom. The first kappa shape index (κ1) is 42.3. The molecule has 1 aliphatic heterocycles. The van der Waals surface area contributed by atoms with Gasteiger partial charge in [0.15, 0.2) is 0 Å². The molecule has 0 radical (unpaired) electrons. The summed E-state index contributed by atoms with van der Waals surface area (Å²) < 4.78 is 11.9. The van der Waals surface area contributed by atoms with Crippen molar-refractivity contribution in [2.45, 2.75) is 94.7 Å². The number of hydrogen-bond donors (Lipinski definition) is 4. The van der Waals surface area contributed by atoms with Crippen molar-refractivity contribution in [1.29, 1.82) is 0 Å². The highest BCUT2D eigenvalue weighted by Crippen LogP contribution is 2.61. The Morgan fingerprint density at radius 3 is 2.46 bits per heavy atom. The summed E-state index contributed by atoms with van der Waals surface area (Å²) in [6.07, 6.45) is 1.19. The second-order valence-corrected chi connectivity index (χ2v) is 18.6. The van der Waals surface area contributed by atoms with Gasteiger partial charge in [-0.15, -0.1) is 0 Å². The van der Waals surface area contributed by atoms with Crippen molar-refractivity contribution in [3.05, 3.63) is 53.6 Å². The van der Waals surface area contributed by atoms with Crippen LogP contribution in [-0.2, 0) is 25.7 Å². The summed E-state index contributed by atoms with van der Waals surface area (Å²) in [4.78, 5) is 47.6. The van der Waals surface area contributed by atoms with Crippen molar-refractivity contribution in [3.8, 4) is 16.9 Å². The number of halogens is 1. The second-order valence-electron chi connectivity index (χ2n) is 16.5. The summed E-state index contributed by atoms with van der Waals surface area (Å²) >= 11 is 2.38. The van der Waals surface area contributed by atoms with Gasteiger partial charge in [-0.1, -0.05) is 80.6 Å². The molecule has 298 valence electrons. The summed E-state index contributed by atoms with van der Waals surface area (Å²) in [5, 5.41) is 28.5. The molecule has 3 aliphatic carbocycles. The lowest BCUT2D eigenvalue weighted by atomic mass is 9.45. The fraction of sp³-hybridized carbons (Fsp3) is 0.634. The number of fused-ring (bicyclic) bond motifs is 2. The molecule has 0 spiro atoms. The topological polar surface area (TPSA) is 150 Å².